The van der Waals surface area contributed by atoms with Crippen LogP contribution in [0.4, 0.5) is 84.7 Å². The zero-order chi connectivity index (χ0) is 42.8. The van der Waals surface area contributed by atoms with E-state index in [1.165, 1.54) is 24.3 Å². The van der Waals surface area contributed by atoms with Crippen LogP contribution in [0.15, 0.2) is 46.9 Å². The predicted octanol–water partition coefficient (Wildman–Crippen LogP) is 10.1. The Morgan fingerprint density at radius 3 is 1.40 bits per heavy atom. The molecular formula is C31H28ClF18N3O4. The van der Waals surface area contributed by atoms with E-state index in [9.17, 15) is 79.0 Å². The molecule has 0 amide bonds. The average Bonchev–Trinajstić information content (AvgIpc) is 3.42. The molecule has 2 aromatic carbocycles. The highest BCUT2D eigenvalue weighted by atomic mass is 35.5. The number of hydrogen-bond acceptors (Lipinski definition) is 7. The second-order valence-electron chi connectivity index (χ2n) is 11.7. The Bertz CT molecular complexity index is 1630. The Hall–Kier alpha value is -3.84. The number of benzene rings is 2. The summed E-state index contributed by atoms with van der Waals surface area (Å²) in [5, 5.41) is 0. The lowest BCUT2D eigenvalue weighted by Gasteiger charge is -2.39. The van der Waals surface area contributed by atoms with Crippen LogP contribution < -0.4 is 9.64 Å². The van der Waals surface area contributed by atoms with E-state index < -0.39 is 87.7 Å². The minimum atomic E-state index is -7.21. The third-order valence-electron chi connectivity index (χ3n) is 7.73. The number of halogens is 19. The number of rotatable bonds is 15. The molecule has 1 aromatic heterocycles. The molecule has 0 atom stereocenters. The van der Waals surface area contributed by atoms with E-state index in [1.54, 1.807) is 18.2 Å². The van der Waals surface area contributed by atoms with E-state index in [1.807, 2.05) is 31.1 Å². The largest absolute Gasteiger partial charge is 0.492 e. The highest BCUT2D eigenvalue weighted by Gasteiger charge is 2.86. The molecule has 0 saturated carbocycles. The zero-order valence-electron chi connectivity index (χ0n) is 28.6. The summed E-state index contributed by atoms with van der Waals surface area (Å²) in [7, 11) is 3.67. The molecule has 0 N–H and O–H groups in total. The molecule has 26 heteroatoms. The van der Waals surface area contributed by atoms with Gasteiger partial charge in [0.2, 0.25) is 5.89 Å². The van der Waals surface area contributed by atoms with Crippen molar-refractivity contribution in [3.05, 3.63) is 53.9 Å². The molecule has 0 spiro atoms. The Labute approximate surface area is 315 Å². The third kappa shape index (κ3) is 10.8. The van der Waals surface area contributed by atoms with Gasteiger partial charge in [0, 0.05) is 51.6 Å². The molecule has 7 nitrogen and oxygen atoms in total. The Balaban J connectivity index is 0.0000112. The van der Waals surface area contributed by atoms with Crippen LogP contribution in [-0.2, 0) is 9.47 Å². The normalized spacial score (nSPS) is 14.1. The van der Waals surface area contributed by atoms with Crippen LogP contribution in [0, 0.1) is 0 Å². The molecule has 0 radical (unpaired) electrons. The summed E-state index contributed by atoms with van der Waals surface area (Å²) in [5.41, 5.74) is -11.7. The van der Waals surface area contributed by atoms with E-state index in [0.717, 1.165) is 11.3 Å². The summed E-state index contributed by atoms with van der Waals surface area (Å²) in [5.74, 6) is -0.0494. The summed E-state index contributed by atoms with van der Waals surface area (Å²) in [6.45, 7) is -9.38. The van der Waals surface area contributed by atoms with Gasteiger partial charge in [-0.05, 0) is 35.9 Å². The van der Waals surface area contributed by atoms with Crippen LogP contribution in [0.5, 0.6) is 5.75 Å². The van der Waals surface area contributed by atoms with Crippen molar-refractivity contribution >= 4 is 41.3 Å². The second-order valence-corrected chi connectivity index (χ2v) is 11.7. The Kier molecular flexibility index (Phi) is 15.2. The van der Waals surface area contributed by atoms with Crippen molar-refractivity contribution in [1.29, 1.82) is 0 Å². The minimum Gasteiger partial charge on any atom is -0.492 e. The van der Waals surface area contributed by atoms with Crippen LogP contribution in [0.1, 0.15) is 11.5 Å². The van der Waals surface area contributed by atoms with E-state index in [4.69, 9.17) is 9.15 Å². The lowest BCUT2D eigenvalue weighted by Crippen LogP contribution is -2.68. The quantitative estimate of drug-likeness (QED) is 0.141. The van der Waals surface area contributed by atoms with E-state index in [2.05, 4.69) is 14.5 Å². The van der Waals surface area contributed by atoms with Crippen molar-refractivity contribution in [1.82, 2.24) is 9.88 Å². The summed E-state index contributed by atoms with van der Waals surface area (Å²) in [6.07, 6.45) is -40.1. The monoisotopic (exact) mass is 883 g/mol. The van der Waals surface area contributed by atoms with Crippen molar-refractivity contribution in [3.8, 4) is 5.75 Å². The summed E-state index contributed by atoms with van der Waals surface area (Å²) in [6, 6.07) is 11.0. The molecule has 0 saturated heterocycles. The van der Waals surface area contributed by atoms with Crippen LogP contribution in [-0.4, -0.2) is 112 Å². The number of fused-ring (bicyclic) bond motifs is 1. The number of aromatic nitrogens is 1. The zero-order valence-corrected chi connectivity index (χ0v) is 29.4. The number of alkyl halides is 18. The molecule has 0 aliphatic carbocycles. The average molecular weight is 884 g/mol. The van der Waals surface area contributed by atoms with Gasteiger partial charge in [-0.2, -0.15) is 79.0 Å². The maximum Gasteiger partial charge on any atom is 0.435 e. The molecule has 324 valence electrons. The van der Waals surface area contributed by atoms with E-state index >= 15 is 0 Å². The lowest BCUT2D eigenvalue weighted by molar-refractivity contribution is -0.457. The van der Waals surface area contributed by atoms with Gasteiger partial charge >= 0.3 is 48.3 Å². The van der Waals surface area contributed by atoms with Gasteiger partial charge < -0.3 is 23.5 Å². The van der Waals surface area contributed by atoms with Crippen LogP contribution in [0.2, 0.25) is 0 Å². The molecule has 1 heterocycles. The van der Waals surface area contributed by atoms with Gasteiger partial charge in [-0.15, -0.1) is 12.4 Å². The Morgan fingerprint density at radius 2 is 1.00 bits per heavy atom. The topological polar surface area (TPSA) is 60.2 Å². The van der Waals surface area contributed by atoms with Crippen molar-refractivity contribution in [3.63, 3.8) is 0 Å². The van der Waals surface area contributed by atoms with Crippen molar-refractivity contribution < 1.29 is 97.7 Å². The highest BCUT2D eigenvalue weighted by molar-refractivity contribution is 5.85. The molecule has 0 aliphatic rings. The fourth-order valence-electron chi connectivity index (χ4n) is 4.87. The number of oxazole rings is 1. The highest BCUT2D eigenvalue weighted by Crippen LogP contribution is 2.56. The van der Waals surface area contributed by atoms with Gasteiger partial charge in [-0.1, -0.05) is 12.1 Å². The molecule has 3 rings (SSSR count). The first kappa shape index (κ1) is 49.3. The fraction of sp³-hybridized carbons (Fsp3) is 0.516. The predicted molar refractivity (Wildman–Crippen MR) is 167 cm³/mol. The standard InChI is InChI=1S/C31H27F18N3O4.ClH/c1-51(2)19-6-3-18(4-7-19)5-10-23-50-21-9-8-20(17-22(21)56-23)53-14-11-52(12-15-54-24(26(32,33)34,27(35,36)37)28(38,39)40)13-16-55-25(29(41,42)43,30(44,45)46)31(47,48)49;/h3-10,17H,11-16H2,1-2H3;1H/b10-5+;. The maximum absolute atomic E-state index is 13.3. The first-order valence-corrected chi connectivity index (χ1v) is 15.3. The summed E-state index contributed by atoms with van der Waals surface area (Å²) < 4.78 is 256. The molecule has 0 aliphatic heterocycles. The number of anilines is 1. The molecule has 0 unspecified atom stereocenters. The Morgan fingerprint density at radius 1 is 0.579 bits per heavy atom. The lowest BCUT2D eigenvalue weighted by atomic mass is 10.0. The molecule has 3 aromatic rings. The van der Waals surface area contributed by atoms with Gasteiger partial charge in [0.25, 0.3) is 0 Å². The number of nitrogens with zero attached hydrogens (tertiary/aromatic N) is 3. The van der Waals surface area contributed by atoms with E-state index in [-0.39, 0.29) is 40.0 Å². The molecule has 0 bridgehead atoms. The molecule has 57 heavy (non-hydrogen) atoms. The first-order valence-electron chi connectivity index (χ1n) is 15.3. The maximum atomic E-state index is 13.3. The number of ether oxygens (including phenoxy) is 3. The van der Waals surface area contributed by atoms with Crippen LogP contribution >= 0.6 is 12.4 Å². The fourth-order valence-corrected chi connectivity index (χ4v) is 4.87. The molecular weight excluding hydrogens is 856 g/mol. The van der Waals surface area contributed by atoms with Crippen molar-refractivity contribution in [2.45, 2.75) is 48.3 Å². The number of hydrogen-bond donors (Lipinski definition) is 0. The molecule has 0 fully saturated rings. The summed E-state index contributed by atoms with van der Waals surface area (Å²) in [4.78, 5) is 6.30. The first-order chi connectivity index (χ1) is 25.4. The van der Waals surface area contributed by atoms with Crippen LogP contribution in [0.25, 0.3) is 23.3 Å². The van der Waals surface area contributed by atoms with Gasteiger partial charge in [-0.25, -0.2) is 4.98 Å². The third-order valence-corrected chi connectivity index (χ3v) is 7.73. The van der Waals surface area contributed by atoms with Crippen molar-refractivity contribution in [2.75, 3.05) is 58.5 Å². The summed E-state index contributed by atoms with van der Waals surface area (Å²) >= 11 is 0. The van der Waals surface area contributed by atoms with Crippen LogP contribution in [0.3, 0.4) is 0 Å². The van der Waals surface area contributed by atoms with Gasteiger partial charge in [0.15, 0.2) is 5.58 Å². The second kappa shape index (κ2) is 17.6. The van der Waals surface area contributed by atoms with Gasteiger partial charge in [-0.3, -0.25) is 4.90 Å². The van der Waals surface area contributed by atoms with E-state index in [0.29, 0.717) is 0 Å². The SMILES string of the molecule is CN(C)c1ccc(/C=C/c2nc3ccc(OCCN(CCOC(C(F)(F)F)(C(F)(F)F)C(F)(F)F)CCOC(C(F)(F)F)(C(F)(F)F)C(F)(F)F)cc3o2)cc1.Cl. The van der Waals surface area contributed by atoms with Gasteiger partial charge in [0.05, 0.1) is 13.2 Å². The smallest absolute Gasteiger partial charge is 0.435 e. The van der Waals surface area contributed by atoms with Crippen molar-refractivity contribution in [2.24, 2.45) is 0 Å². The van der Waals surface area contributed by atoms with Gasteiger partial charge in [0.1, 0.15) is 17.9 Å². The minimum absolute atomic E-state index is 0.